The number of para-hydroxylation sites is 1. The van der Waals surface area contributed by atoms with Crippen LogP contribution in [0.5, 0.6) is 5.75 Å². The lowest BCUT2D eigenvalue weighted by Crippen LogP contribution is -2.37. The van der Waals surface area contributed by atoms with Crippen LogP contribution in [0.25, 0.3) is 11.3 Å². The SMILES string of the molecule is COc1ccccc1CNC(=Nc1nc(-c2ccccc2)c[nH]1)NOC(C)=O. The van der Waals surface area contributed by atoms with E-state index in [4.69, 9.17) is 9.57 Å². The molecular weight excluding hydrogens is 358 g/mol. The van der Waals surface area contributed by atoms with Gasteiger partial charge in [0, 0.05) is 30.8 Å². The maximum Gasteiger partial charge on any atom is 0.329 e. The molecule has 28 heavy (non-hydrogen) atoms. The second-order valence-electron chi connectivity index (χ2n) is 5.80. The molecule has 0 aliphatic rings. The van der Waals surface area contributed by atoms with Crippen LogP contribution in [0.2, 0.25) is 0 Å². The largest absolute Gasteiger partial charge is 0.496 e. The molecule has 3 N–H and O–H groups in total. The maximum atomic E-state index is 11.2. The zero-order chi connectivity index (χ0) is 19.8. The van der Waals surface area contributed by atoms with Gasteiger partial charge in [0.15, 0.2) is 0 Å². The molecule has 0 unspecified atom stereocenters. The average Bonchev–Trinajstić information content (AvgIpc) is 3.19. The van der Waals surface area contributed by atoms with Crippen molar-refractivity contribution in [2.45, 2.75) is 13.5 Å². The fourth-order valence-corrected chi connectivity index (χ4v) is 2.48. The van der Waals surface area contributed by atoms with E-state index in [9.17, 15) is 4.79 Å². The van der Waals surface area contributed by atoms with Gasteiger partial charge in [-0.3, -0.25) is 4.79 Å². The number of H-pyrrole nitrogens is 1. The first-order valence-electron chi connectivity index (χ1n) is 8.64. The Balaban J connectivity index is 1.77. The number of nitrogens with one attached hydrogen (secondary N) is 3. The zero-order valence-corrected chi connectivity index (χ0v) is 15.6. The van der Waals surface area contributed by atoms with Crippen molar-refractivity contribution >= 4 is 17.9 Å². The number of benzene rings is 2. The number of aliphatic imine (C=N–C) groups is 1. The molecule has 8 heteroatoms. The first-order valence-corrected chi connectivity index (χ1v) is 8.64. The van der Waals surface area contributed by atoms with Crippen LogP contribution in [-0.4, -0.2) is 29.0 Å². The second kappa shape index (κ2) is 9.22. The minimum atomic E-state index is -0.490. The van der Waals surface area contributed by atoms with Gasteiger partial charge in [0.05, 0.1) is 12.8 Å². The molecule has 0 spiro atoms. The van der Waals surface area contributed by atoms with Gasteiger partial charge in [-0.05, 0) is 6.07 Å². The molecule has 144 valence electrons. The van der Waals surface area contributed by atoms with E-state index in [0.29, 0.717) is 12.5 Å². The Bertz CT molecular complexity index is 953. The quantitative estimate of drug-likeness (QED) is 0.358. The van der Waals surface area contributed by atoms with E-state index in [-0.39, 0.29) is 5.96 Å². The Morgan fingerprint density at radius 3 is 2.64 bits per heavy atom. The number of imidazole rings is 1. The molecule has 2 aromatic carbocycles. The third-order valence-corrected chi connectivity index (χ3v) is 3.78. The lowest BCUT2D eigenvalue weighted by molar-refractivity contribution is -0.145. The second-order valence-corrected chi connectivity index (χ2v) is 5.80. The van der Waals surface area contributed by atoms with Crippen molar-refractivity contribution in [1.29, 1.82) is 0 Å². The van der Waals surface area contributed by atoms with Crippen LogP contribution in [0.1, 0.15) is 12.5 Å². The number of aromatic amines is 1. The summed E-state index contributed by atoms with van der Waals surface area (Å²) in [7, 11) is 1.61. The summed E-state index contributed by atoms with van der Waals surface area (Å²) >= 11 is 0. The fourth-order valence-electron chi connectivity index (χ4n) is 2.48. The predicted molar refractivity (Wildman–Crippen MR) is 106 cm³/mol. The van der Waals surface area contributed by atoms with Gasteiger partial charge in [0.1, 0.15) is 5.75 Å². The highest BCUT2D eigenvalue weighted by atomic mass is 16.7. The number of carbonyl (C=O) groups is 1. The zero-order valence-electron chi connectivity index (χ0n) is 15.6. The van der Waals surface area contributed by atoms with E-state index in [1.807, 2.05) is 54.6 Å². The molecule has 0 radical (unpaired) electrons. The van der Waals surface area contributed by atoms with Crippen LogP contribution in [-0.2, 0) is 16.2 Å². The molecule has 1 aromatic heterocycles. The Hall–Kier alpha value is -3.81. The van der Waals surface area contributed by atoms with Gasteiger partial charge >= 0.3 is 5.97 Å². The van der Waals surface area contributed by atoms with Crippen LogP contribution in [0.15, 0.2) is 65.8 Å². The van der Waals surface area contributed by atoms with Crippen LogP contribution in [0.4, 0.5) is 5.95 Å². The number of carbonyl (C=O) groups excluding carboxylic acids is 1. The topological polar surface area (TPSA) is 101 Å². The maximum absolute atomic E-state index is 11.2. The lowest BCUT2D eigenvalue weighted by atomic mass is 10.2. The van der Waals surface area contributed by atoms with Gasteiger partial charge in [-0.2, -0.15) is 10.5 Å². The number of methoxy groups -OCH3 is 1. The molecule has 0 aliphatic heterocycles. The van der Waals surface area contributed by atoms with Gasteiger partial charge in [-0.25, -0.2) is 4.98 Å². The summed E-state index contributed by atoms with van der Waals surface area (Å²) in [4.78, 5) is 27.8. The van der Waals surface area contributed by atoms with Gasteiger partial charge in [-0.1, -0.05) is 48.5 Å². The standard InChI is InChI=1S/C20H21N5O3/c1-14(26)28-25-20(21-12-16-10-6-7-11-18(16)27-2)24-19-22-13-17(23-19)15-8-4-3-5-9-15/h3-11,13H,12H2,1-2H3,(H3,21,22,23,24,25). The van der Waals surface area contributed by atoms with Crippen LogP contribution in [0, 0.1) is 0 Å². The molecule has 0 atom stereocenters. The number of hydrogen-bond acceptors (Lipinski definition) is 5. The Labute approximate surface area is 162 Å². The summed E-state index contributed by atoms with van der Waals surface area (Å²) in [6.45, 7) is 1.70. The predicted octanol–water partition coefficient (Wildman–Crippen LogP) is 2.93. The summed E-state index contributed by atoms with van der Waals surface area (Å²) in [6, 6.07) is 17.3. The Morgan fingerprint density at radius 1 is 1.14 bits per heavy atom. The fraction of sp³-hybridized carbons (Fsp3) is 0.150. The highest BCUT2D eigenvalue weighted by Gasteiger charge is 2.08. The molecule has 0 amide bonds. The first kappa shape index (κ1) is 19.0. The summed E-state index contributed by atoms with van der Waals surface area (Å²) < 4.78 is 5.34. The molecule has 0 saturated heterocycles. The number of hydroxylamine groups is 1. The molecule has 3 aromatic rings. The third kappa shape index (κ3) is 5.10. The Morgan fingerprint density at radius 2 is 1.89 bits per heavy atom. The van der Waals surface area contributed by atoms with Gasteiger partial charge in [0.2, 0.25) is 11.9 Å². The number of nitrogens with zero attached hydrogens (tertiary/aromatic N) is 2. The van der Waals surface area contributed by atoms with Gasteiger partial charge in [0.25, 0.3) is 0 Å². The van der Waals surface area contributed by atoms with Gasteiger partial charge in [-0.15, -0.1) is 0 Å². The first-order chi connectivity index (χ1) is 13.7. The molecule has 0 saturated carbocycles. The van der Waals surface area contributed by atoms with E-state index < -0.39 is 5.97 Å². The number of aromatic nitrogens is 2. The molecule has 0 bridgehead atoms. The van der Waals surface area contributed by atoms with Crippen molar-refractivity contribution < 1.29 is 14.4 Å². The lowest BCUT2D eigenvalue weighted by Gasteiger charge is -2.12. The highest BCUT2D eigenvalue weighted by Crippen LogP contribution is 2.19. The molecule has 3 rings (SSSR count). The summed E-state index contributed by atoms with van der Waals surface area (Å²) in [5, 5.41) is 3.09. The summed E-state index contributed by atoms with van der Waals surface area (Å²) in [5.74, 6) is 0.846. The summed E-state index contributed by atoms with van der Waals surface area (Å²) in [5.41, 5.74) is 5.17. The monoisotopic (exact) mass is 379 g/mol. The van der Waals surface area contributed by atoms with Crippen molar-refractivity contribution in [1.82, 2.24) is 20.8 Å². The van der Waals surface area contributed by atoms with E-state index in [1.54, 1.807) is 13.3 Å². The summed E-state index contributed by atoms with van der Waals surface area (Å²) in [6.07, 6.45) is 1.76. The van der Waals surface area contributed by atoms with Crippen LogP contribution in [0.3, 0.4) is 0 Å². The van der Waals surface area contributed by atoms with E-state index in [2.05, 4.69) is 25.8 Å². The highest BCUT2D eigenvalue weighted by molar-refractivity contribution is 5.82. The van der Waals surface area contributed by atoms with Crippen molar-refractivity contribution in [2.24, 2.45) is 4.99 Å². The number of hydrogen-bond donors (Lipinski definition) is 3. The molecule has 0 aliphatic carbocycles. The van der Waals surface area contributed by atoms with Gasteiger partial charge < -0.3 is 19.9 Å². The minimum absolute atomic E-state index is 0.232. The average molecular weight is 379 g/mol. The smallest absolute Gasteiger partial charge is 0.329 e. The van der Waals surface area contributed by atoms with E-state index in [0.717, 1.165) is 22.6 Å². The molecular formula is C20H21N5O3. The third-order valence-electron chi connectivity index (χ3n) is 3.78. The van der Waals surface area contributed by atoms with Crippen LogP contribution >= 0.6 is 0 Å². The minimum Gasteiger partial charge on any atom is -0.496 e. The number of rotatable bonds is 5. The van der Waals surface area contributed by atoms with Crippen LogP contribution < -0.4 is 15.5 Å². The number of ether oxygens (including phenoxy) is 1. The molecule has 8 nitrogen and oxygen atoms in total. The van der Waals surface area contributed by atoms with E-state index >= 15 is 0 Å². The van der Waals surface area contributed by atoms with Crippen molar-refractivity contribution in [3.05, 3.63) is 66.4 Å². The Kier molecular flexibility index (Phi) is 6.25. The normalized spacial score (nSPS) is 11.0. The molecule has 0 fully saturated rings. The van der Waals surface area contributed by atoms with Crippen molar-refractivity contribution in [3.8, 4) is 17.0 Å². The number of guanidine groups is 1. The van der Waals surface area contributed by atoms with E-state index in [1.165, 1.54) is 6.92 Å². The van der Waals surface area contributed by atoms with Crippen molar-refractivity contribution in [3.63, 3.8) is 0 Å². The molecule has 1 heterocycles. The van der Waals surface area contributed by atoms with Crippen molar-refractivity contribution in [2.75, 3.05) is 7.11 Å².